The zero-order chi connectivity index (χ0) is 14.5. The molecule has 1 atom stereocenters. The third kappa shape index (κ3) is 4.44. The first-order valence-electron chi connectivity index (χ1n) is 8.81. The van der Waals surface area contributed by atoms with Crippen LogP contribution >= 0.6 is 0 Å². The van der Waals surface area contributed by atoms with Crippen LogP contribution in [0.2, 0.25) is 0 Å². The van der Waals surface area contributed by atoms with E-state index in [0.29, 0.717) is 12.1 Å². The van der Waals surface area contributed by atoms with Crippen LogP contribution in [0.25, 0.3) is 0 Å². The van der Waals surface area contributed by atoms with E-state index in [9.17, 15) is 0 Å². The molecule has 0 aliphatic carbocycles. The number of likely N-dealkylation sites (tertiary alicyclic amines) is 1. The molecular weight excluding hydrogens is 246 g/mol. The Hall–Kier alpha value is -0.120. The summed E-state index contributed by atoms with van der Waals surface area (Å²) in [5.41, 5.74) is 0. The van der Waals surface area contributed by atoms with E-state index in [-0.39, 0.29) is 0 Å². The van der Waals surface area contributed by atoms with Gasteiger partial charge in [-0.3, -0.25) is 4.90 Å². The van der Waals surface area contributed by atoms with E-state index in [1.807, 2.05) is 0 Å². The first-order valence-corrected chi connectivity index (χ1v) is 8.81. The standard InChI is InChI=1S/C17H35N3/c1-14(2)19-11-8-17(9-12-19)20(15(3)4)13-16-7-5-6-10-18-16/h14-18H,5-13H2,1-4H3. The molecule has 2 saturated heterocycles. The van der Waals surface area contributed by atoms with Crippen LogP contribution in [-0.4, -0.2) is 60.1 Å². The Morgan fingerprint density at radius 3 is 2.25 bits per heavy atom. The molecule has 2 aliphatic rings. The summed E-state index contributed by atoms with van der Waals surface area (Å²) >= 11 is 0. The molecule has 1 N–H and O–H groups in total. The molecular formula is C17H35N3. The van der Waals surface area contributed by atoms with Gasteiger partial charge in [0.1, 0.15) is 0 Å². The van der Waals surface area contributed by atoms with E-state index in [4.69, 9.17) is 0 Å². The van der Waals surface area contributed by atoms with Crippen molar-refractivity contribution in [1.82, 2.24) is 15.1 Å². The SMILES string of the molecule is CC(C)N1CCC(N(CC2CCCCN2)C(C)C)CC1. The molecule has 0 aromatic heterocycles. The van der Waals surface area contributed by atoms with Gasteiger partial charge < -0.3 is 10.2 Å². The average molecular weight is 281 g/mol. The Labute approximate surface area is 126 Å². The number of piperidine rings is 2. The summed E-state index contributed by atoms with van der Waals surface area (Å²) in [6.45, 7) is 14.4. The van der Waals surface area contributed by atoms with Gasteiger partial charge in [0, 0.05) is 30.7 Å². The van der Waals surface area contributed by atoms with Crippen molar-refractivity contribution in [3.8, 4) is 0 Å². The fourth-order valence-corrected chi connectivity index (χ4v) is 3.85. The molecule has 2 heterocycles. The smallest absolute Gasteiger partial charge is 0.0195 e. The van der Waals surface area contributed by atoms with Crippen LogP contribution in [-0.2, 0) is 0 Å². The van der Waals surface area contributed by atoms with Crippen LogP contribution in [0.4, 0.5) is 0 Å². The largest absolute Gasteiger partial charge is 0.313 e. The topological polar surface area (TPSA) is 18.5 Å². The van der Waals surface area contributed by atoms with Gasteiger partial charge in [-0.25, -0.2) is 0 Å². The van der Waals surface area contributed by atoms with E-state index in [2.05, 4.69) is 42.8 Å². The Kier molecular flexibility index (Phi) is 6.31. The van der Waals surface area contributed by atoms with Crippen molar-refractivity contribution in [3.63, 3.8) is 0 Å². The molecule has 118 valence electrons. The van der Waals surface area contributed by atoms with Gasteiger partial charge in [-0.15, -0.1) is 0 Å². The van der Waals surface area contributed by atoms with Crippen LogP contribution in [0.5, 0.6) is 0 Å². The van der Waals surface area contributed by atoms with Crippen molar-refractivity contribution in [2.75, 3.05) is 26.2 Å². The van der Waals surface area contributed by atoms with Crippen LogP contribution in [0.1, 0.15) is 59.8 Å². The average Bonchev–Trinajstić information content (AvgIpc) is 2.45. The molecule has 3 heteroatoms. The van der Waals surface area contributed by atoms with Crippen molar-refractivity contribution in [2.45, 2.75) is 84.0 Å². The molecule has 0 bridgehead atoms. The number of nitrogens with one attached hydrogen (secondary N) is 1. The first kappa shape index (κ1) is 16.3. The molecule has 2 fully saturated rings. The zero-order valence-corrected chi connectivity index (χ0v) is 14.1. The lowest BCUT2D eigenvalue weighted by atomic mass is 9.98. The van der Waals surface area contributed by atoms with E-state index in [1.54, 1.807) is 0 Å². The monoisotopic (exact) mass is 281 g/mol. The summed E-state index contributed by atoms with van der Waals surface area (Å²) in [6.07, 6.45) is 6.85. The fraction of sp³-hybridized carbons (Fsp3) is 1.00. The maximum absolute atomic E-state index is 3.72. The molecule has 0 aromatic carbocycles. The highest BCUT2D eigenvalue weighted by atomic mass is 15.2. The lowest BCUT2D eigenvalue weighted by Crippen LogP contribution is -2.53. The zero-order valence-electron chi connectivity index (χ0n) is 14.1. The summed E-state index contributed by atoms with van der Waals surface area (Å²) in [5, 5.41) is 3.72. The number of nitrogens with zero attached hydrogens (tertiary/aromatic N) is 2. The van der Waals surface area contributed by atoms with E-state index >= 15 is 0 Å². The predicted octanol–water partition coefficient (Wildman–Crippen LogP) is 2.71. The van der Waals surface area contributed by atoms with E-state index in [1.165, 1.54) is 58.3 Å². The van der Waals surface area contributed by atoms with Gasteiger partial charge in [0.25, 0.3) is 0 Å². The maximum atomic E-state index is 3.72. The molecule has 2 rings (SSSR count). The second-order valence-electron chi connectivity index (χ2n) is 7.30. The summed E-state index contributed by atoms with van der Waals surface area (Å²) in [6, 6.07) is 2.92. The summed E-state index contributed by atoms with van der Waals surface area (Å²) < 4.78 is 0. The predicted molar refractivity (Wildman–Crippen MR) is 87.2 cm³/mol. The van der Waals surface area contributed by atoms with Gasteiger partial charge in [0.15, 0.2) is 0 Å². The van der Waals surface area contributed by atoms with Gasteiger partial charge in [-0.1, -0.05) is 6.42 Å². The van der Waals surface area contributed by atoms with Crippen molar-refractivity contribution >= 4 is 0 Å². The molecule has 20 heavy (non-hydrogen) atoms. The second kappa shape index (κ2) is 7.77. The molecule has 2 aliphatic heterocycles. The molecule has 3 nitrogen and oxygen atoms in total. The Morgan fingerprint density at radius 2 is 1.75 bits per heavy atom. The van der Waals surface area contributed by atoms with Gasteiger partial charge in [-0.05, 0) is 73.0 Å². The molecule has 0 amide bonds. The lowest BCUT2D eigenvalue weighted by Gasteiger charge is -2.43. The van der Waals surface area contributed by atoms with Gasteiger partial charge in [-0.2, -0.15) is 0 Å². The minimum absolute atomic E-state index is 0.675. The van der Waals surface area contributed by atoms with Crippen molar-refractivity contribution < 1.29 is 0 Å². The Balaban J connectivity index is 1.85. The summed E-state index contributed by atoms with van der Waals surface area (Å²) in [4.78, 5) is 5.41. The van der Waals surface area contributed by atoms with E-state index in [0.717, 1.165) is 12.1 Å². The fourth-order valence-electron chi connectivity index (χ4n) is 3.85. The number of hydrogen-bond donors (Lipinski definition) is 1. The first-order chi connectivity index (χ1) is 9.58. The van der Waals surface area contributed by atoms with E-state index < -0.39 is 0 Å². The van der Waals surface area contributed by atoms with Crippen LogP contribution < -0.4 is 5.32 Å². The molecule has 0 spiro atoms. The molecule has 1 unspecified atom stereocenters. The lowest BCUT2D eigenvalue weighted by molar-refractivity contribution is 0.0626. The summed E-state index contributed by atoms with van der Waals surface area (Å²) in [7, 11) is 0. The second-order valence-corrected chi connectivity index (χ2v) is 7.30. The quantitative estimate of drug-likeness (QED) is 0.836. The van der Waals surface area contributed by atoms with Gasteiger partial charge >= 0.3 is 0 Å². The molecule has 0 saturated carbocycles. The minimum Gasteiger partial charge on any atom is -0.313 e. The van der Waals surface area contributed by atoms with Crippen molar-refractivity contribution in [3.05, 3.63) is 0 Å². The third-order valence-electron chi connectivity index (χ3n) is 5.21. The maximum Gasteiger partial charge on any atom is 0.0195 e. The Morgan fingerprint density at radius 1 is 1.05 bits per heavy atom. The highest BCUT2D eigenvalue weighted by Gasteiger charge is 2.29. The van der Waals surface area contributed by atoms with Crippen molar-refractivity contribution in [2.24, 2.45) is 0 Å². The van der Waals surface area contributed by atoms with Crippen LogP contribution in [0.15, 0.2) is 0 Å². The molecule has 0 aromatic rings. The van der Waals surface area contributed by atoms with Crippen molar-refractivity contribution in [1.29, 1.82) is 0 Å². The molecule has 0 radical (unpaired) electrons. The van der Waals surface area contributed by atoms with Gasteiger partial charge in [0.2, 0.25) is 0 Å². The third-order valence-corrected chi connectivity index (χ3v) is 5.21. The number of rotatable bonds is 5. The number of hydrogen-bond acceptors (Lipinski definition) is 3. The Bertz CT molecular complexity index is 263. The van der Waals surface area contributed by atoms with Crippen LogP contribution in [0, 0.1) is 0 Å². The highest BCUT2D eigenvalue weighted by molar-refractivity contribution is 4.86. The summed E-state index contributed by atoms with van der Waals surface area (Å²) in [5.74, 6) is 0. The van der Waals surface area contributed by atoms with Gasteiger partial charge in [0.05, 0.1) is 0 Å². The minimum atomic E-state index is 0.675. The highest BCUT2D eigenvalue weighted by Crippen LogP contribution is 2.21. The normalized spacial score (nSPS) is 26.9. The van der Waals surface area contributed by atoms with Crippen LogP contribution in [0.3, 0.4) is 0 Å².